The van der Waals surface area contributed by atoms with Gasteiger partial charge in [0.1, 0.15) is 0 Å². The van der Waals surface area contributed by atoms with Crippen molar-refractivity contribution >= 4 is 40.7 Å². The zero-order valence-corrected chi connectivity index (χ0v) is 9.39. The lowest BCUT2D eigenvalue weighted by Crippen LogP contribution is -2.01. The Morgan fingerprint density at radius 3 is 2.73 bits per heavy atom. The summed E-state index contributed by atoms with van der Waals surface area (Å²) in [7, 11) is 0. The van der Waals surface area contributed by atoms with Crippen LogP contribution in [0.2, 0.25) is 0 Å². The summed E-state index contributed by atoms with van der Waals surface area (Å²) in [5.74, 6) is -0.0913. The summed E-state index contributed by atoms with van der Waals surface area (Å²) in [6, 6.07) is 9.28. The van der Waals surface area contributed by atoms with Crippen molar-refractivity contribution in [2.45, 2.75) is 0 Å². The van der Waals surface area contributed by atoms with Gasteiger partial charge >= 0.3 is 0 Å². The first kappa shape index (κ1) is 12.0. The van der Waals surface area contributed by atoms with Crippen LogP contribution in [-0.4, -0.2) is 16.6 Å². The van der Waals surface area contributed by atoms with Gasteiger partial charge in [0.15, 0.2) is 5.78 Å². The van der Waals surface area contributed by atoms with E-state index in [2.05, 4.69) is 4.98 Å². The third kappa shape index (κ3) is 2.28. The molecule has 0 spiro atoms. The van der Waals surface area contributed by atoms with Crippen molar-refractivity contribution in [1.29, 1.82) is 0 Å². The lowest BCUT2D eigenvalue weighted by molar-refractivity contribution is 0.102. The number of nitrogens with zero attached hydrogens (tertiary/aromatic N) is 1. The Bertz CT molecular complexity index is 479. The van der Waals surface area contributed by atoms with Gasteiger partial charge in [0, 0.05) is 17.1 Å². The number of ketones is 1. The molecule has 1 heterocycles. The highest BCUT2D eigenvalue weighted by molar-refractivity contribution is 6.31. The van der Waals surface area contributed by atoms with Gasteiger partial charge in [-0.3, -0.25) is 9.78 Å². The second-order valence-electron chi connectivity index (χ2n) is 2.94. The number of benzene rings is 1. The molecule has 15 heavy (non-hydrogen) atoms. The summed E-state index contributed by atoms with van der Waals surface area (Å²) in [5.41, 5.74) is 1.32. The number of alkyl halides is 1. The van der Waals surface area contributed by atoms with E-state index in [0.717, 1.165) is 10.9 Å². The number of fused-ring (bicyclic) bond motifs is 1. The molecule has 0 N–H and O–H groups in total. The summed E-state index contributed by atoms with van der Waals surface area (Å²) >= 11 is 5.51. The highest BCUT2D eigenvalue weighted by atomic mass is 35.5. The Morgan fingerprint density at radius 2 is 2.00 bits per heavy atom. The van der Waals surface area contributed by atoms with Crippen molar-refractivity contribution in [2.75, 3.05) is 5.88 Å². The SMILES string of the molecule is Cl.O=C(CCl)c1cccc2cccnc12. The van der Waals surface area contributed by atoms with Crippen LogP contribution in [-0.2, 0) is 0 Å². The number of hydrogen-bond donors (Lipinski definition) is 0. The van der Waals surface area contributed by atoms with Gasteiger partial charge in [0.2, 0.25) is 0 Å². The fraction of sp³-hybridized carbons (Fsp3) is 0.0909. The summed E-state index contributed by atoms with van der Waals surface area (Å²) in [4.78, 5) is 15.6. The third-order valence-corrected chi connectivity index (χ3v) is 2.30. The van der Waals surface area contributed by atoms with Crippen molar-refractivity contribution < 1.29 is 4.79 Å². The number of carbonyl (C=O) groups excluding carboxylic acids is 1. The monoisotopic (exact) mass is 241 g/mol. The Hall–Kier alpha value is -1.12. The number of carbonyl (C=O) groups is 1. The first-order valence-corrected chi connectivity index (χ1v) is 4.79. The average molecular weight is 242 g/mol. The van der Waals surface area contributed by atoms with Crippen LogP contribution in [0.25, 0.3) is 10.9 Å². The van der Waals surface area contributed by atoms with Gasteiger partial charge < -0.3 is 0 Å². The molecule has 0 aliphatic carbocycles. The Kier molecular flexibility index (Phi) is 4.06. The van der Waals surface area contributed by atoms with Crippen LogP contribution in [0.15, 0.2) is 36.5 Å². The molecule has 0 aliphatic rings. The zero-order chi connectivity index (χ0) is 9.97. The molecule has 78 valence electrons. The van der Waals surface area contributed by atoms with E-state index in [9.17, 15) is 4.79 Å². The molecular weight excluding hydrogens is 233 g/mol. The molecule has 0 radical (unpaired) electrons. The first-order chi connectivity index (χ1) is 6.83. The topological polar surface area (TPSA) is 30.0 Å². The highest BCUT2D eigenvalue weighted by Gasteiger charge is 2.08. The van der Waals surface area contributed by atoms with Crippen molar-refractivity contribution in [3.63, 3.8) is 0 Å². The molecule has 0 amide bonds. The molecule has 0 saturated heterocycles. The number of pyridine rings is 1. The van der Waals surface area contributed by atoms with Crippen LogP contribution in [0.1, 0.15) is 10.4 Å². The number of hydrogen-bond acceptors (Lipinski definition) is 2. The van der Waals surface area contributed by atoms with Crippen molar-refractivity contribution in [3.05, 3.63) is 42.1 Å². The molecule has 2 rings (SSSR count). The van der Waals surface area contributed by atoms with Crippen LogP contribution in [0.4, 0.5) is 0 Å². The van der Waals surface area contributed by atoms with E-state index in [-0.39, 0.29) is 24.1 Å². The Morgan fingerprint density at radius 1 is 1.27 bits per heavy atom. The van der Waals surface area contributed by atoms with Gasteiger partial charge in [-0.2, -0.15) is 0 Å². The highest BCUT2D eigenvalue weighted by Crippen LogP contribution is 2.16. The average Bonchev–Trinajstić information content (AvgIpc) is 2.27. The summed E-state index contributed by atoms with van der Waals surface area (Å²) in [6.07, 6.45) is 1.67. The second-order valence-corrected chi connectivity index (χ2v) is 3.20. The fourth-order valence-corrected chi connectivity index (χ4v) is 1.55. The molecular formula is C11H9Cl2NO. The first-order valence-electron chi connectivity index (χ1n) is 4.26. The zero-order valence-electron chi connectivity index (χ0n) is 7.81. The van der Waals surface area contributed by atoms with Gasteiger partial charge in [-0.05, 0) is 12.1 Å². The van der Waals surface area contributed by atoms with Crippen molar-refractivity contribution in [2.24, 2.45) is 0 Å². The molecule has 0 atom stereocenters. The Balaban J connectivity index is 0.00000112. The third-order valence-electron chi connectivity index (χ3n) is 2.05. The minimum Gasteiger partial charge on any atom is -0.293 e. The fourth-order valence-electron chi connectivity index (χ4n) is 1.40. The molecule has 2 aromatic rings. The standard InChI is InChI=1S/C11H8ClNO.ClH/c12-7-10(14)9-5-1-3-8-4-2-6-13-11(8)9;/h1-6H,7H2;1H. The van der Waals surface area contributed by atoms with Crippen LogP contribution in [0.5, 0.6) is 0 Å². The summed E-state index contributed by atoms with van der Waals surface area (Å²) in [5, 5.41) is 0.962. The van der Waals surface area contributed by atoms with E-state index in [4.69, 9.17) is 11.6 Å². The molecule has 1 aromatic heterocycles. The molecule has 4 heteroatoms. The van der Waals surface area contributed by atoms with Crippen LogP contribution >= 0.6 is 24.0 Å². The van der Waals surface area contributed by atoms with E-state index < -0.39 is 0 Å². The molecule has 0 bridgehead atoms. The lowest BCUT2D eigenvalue weighted by Gasteiger charge is -2.01. The molecule has 1 aromatic carbocycles. The number of para-hydroxylation sites is 1. The molecule has 0 unspecified atom stereocenters. The van der Waals surface area contributed by atoms with E-state index in [1.54, 1.807) is 12.3 Å². The maximum Gasteiger partial charge on any atom is 0.179 e. The van der Waals surface area contributed by atoms with Gasteiger partial charge in [-0.1, -0.05) is 18.2 Å². The van der Waals surface area contributed by atoms with Gasteiger partial charge in [0.05, 0.1) is 11.4 Å². The molecule has 2 nitrogen and oxygen atoms in total. The Labute approximate surface area is 98.7 Å². The number of Topliss-reactive ketones (excluding diaryl/α,β-unsaturated/α-hetero) is 1. The quantitative estimate of drug-likeness (QED) is 0.598. The number of halogens is 2. The molecule has 0 fully saturated rings. The van der Waals surface area contributed by atoms with E-state index in [1.807, 2.05) is 24.3 Å². The smallest absolute Gasteiger partial charge is 0.179 e. The number of rotatable bonds is 2. The van der Waals surface area contributed by atoms with Crippen molar-refractivity contribution in [3.8, 4) is 0 Å². The largest absolute Gasteiger partial charge is 0.293 e. The van der Waals surface area contributed by atoms with E-state index in [0.29, 0.717) is 5.56 Å². The van der Waals surface area contributed by atoms with E-state index >= 15 is 0 Å². The van der Waals surface area contributed by atoms with Crippen molar-refractivity contribution in [1.82, 2.24) is 4.98 Å². The van der Waals surface area contributed by atoms with Gasteiger partial charge in [-0.15, -0.1) is 24.0 Å². The van der Waals surface area contributed by atoms with Gasteiger partial charge in [0.25, 0.3) is 0 Å². The maximum absolute atomic E-state index is 11.5. The normalized spacial score (nSPS) is 9.67. The number of aromatic nitrogens is 1. The van der Waals surface area contributed by atoms with Crippen LogP contribution in [0, 0.1) is 0 Å². The summed E-state index contributed by atoms with van der Waals surface area (Å²) < 4.78 is 0. The summed E-state index contributed by atoms with van der Waals surface area (Å²) in [6.45, 7) is 0. The van der Waals surface area contributed by atoms with Crippen LogP contribution in [0.3, 0.4) is 0 Å². The van der Waals surface area contributed by atoms with Crippen LogP contribution < -0.4 is 0 Å². The predicted molar refractivity (Wildman–Crippen MR) is 64.0 cm³/mol. The minimum absolute atomic E-state index is 0. The maximum atomic E-state index is 11.5. The predicted octanol–water partition coefficient (Wildman–Crippen LogP) is 3.08. The van der Waals surface area contributed by atoms with Gasteiger partial charge in [-0.25, -0.2) is 0 Å². The van der Waals surface area contributed by atoms with E-state index in [1.165, 1.54) is 0 Å². The minimum atomic E-state index is -0.0871. The lowest BCUT2D eigenvalue weighted by atomic mass is 10.1. The molecule has 0 aliphatic heterocycles. The molecule has 0 saturated carbocycles. The second kappa shape index (κ2) is 5.10.